The highest BCUT2D eigenvalue weighted by molar-refractivity contribution is 5.68. The summed E-state index contributed by atoms with van der Waals surface area (Å²) in [6.07, 6.45) is 9.55. The summed E-state index contributed by atoms with van der Waals surface area (Å²) < 4.78 is 0. The molecule has 2 fully saturated rings. The Kier molecular flexibility index (Phi) is 3.71. The van der Waals surface area contributed by atoms with Gasteiger partial charge in [0.05, 0.1) is 5.54 Å². The predicted octanol–water partition coefficient (Wildman–Crippen LogP) is 6.74. The normalized spacial score (nSPS) is 32.5. The standard InChI is InChI=1S/C25H31N/c1-18(2)19-13-14-23-22(17-19)24-15-7-6-9-20(24)12-8-16-25(24,26-23)21-10-4-3-5-11-21/h3-5,10-11,13-14,17-18,20,26H,6-9,12,15-16H2,1-2H3/t20-,24?,25-/m0/s1. The molecule has 2 aromatic rings. The molecule has 5 rings (SSSR count). The topological polar surface area (TPSA) is 12.0 Å². The summed E-state index contributed by atoms with van der Waals surface area (Å²) in [5.74, 6) is 1.41. The summed E-state index contributed by atoms with van der Waals surface area (Å²) in [7, 11) is 0. The van der Waals surface area contributed by atoms with Crippen molar-refractivity contribution in [3.05, 3.63) is 65.2 Å². The second kappa shape index (κ2) is 5.87. The number of benzene rings is 2. The zero-order valence-electron chi connectivity index (χ0n) is 16.2. The highest BCUT2D eigenvalue weighted by Crippen LogP contribution is 2.66. The van der Waals surface area contributed by atoms with Gasteiger partial charge >= 0.3 is 0 Å². The minimum absolute atomic E-state index is 0.0928. The third-order valence-corrected chi connectivity index (χ3v) is 7.74. The molecule has 1 aliphatic heterocycles. The Morgan fingerprint density at radius 3 is 2.54 bits per heavy atom. The van der Waals surface area contributed by atoms with Crippen LogP contribution in [0.15, 0.2) is 48.5 Å². The van der Waals surface area contributed by atoms with Crippen LogP contribution in [-0.4, -0.2) is 0 Å². The molecule has 26 heavy (non-hydrogen) atoms. The molecule has 0 bridgehead atoms. The highest BCUT2D eigenvalue weighted by atomic mass is 15.1. The molecule has 136 valence electrons. The van der Waals surface area contributed by atoms with E-state index in [1.807, 2.05) is 0 Å². The van der Waals surface area contributed by atoms with Crippen LogP contribution in [0, 0.1) is 5.92 Å². The number of hydrogen-bond acceptors (Lipinski definition) is 1. The fourth-order valence-corrected chi connectivity index (χ4v) is 6.62. The molecule has 0 radical (unpaired) electrons. The second-order valence-electron chi connectivity index (χ2n) is 9.16. The molecule has 1 spiro atoms. The Hall–Kier alpha value is -1.76. The van der Waals surface area contributed by atoms with E-state index < -0.39 is 0 Å². The maximum Gasteiger partial charge on any atom is 0.0725 e. The summed E-state index contributed by atoms with van der Waals surface area (Å²) in [5, 5.41) is 4.12. The molecule has 1 heteroatoms. The van der Waals surface area contributed by atoms with Gasteiger partial charge in [0.1, 0.15) is 0 Å². The van der Waals surface area contributed by atoms with Gasteiger partial charge in [-0.15, -0.1) is 0 Å². The summed E-state index contributed by atoms with van der Waals surface area (Å²) in [4.78, 5) is 0. The van der Waals surface area contributed by atoms with E-state index in [-0.39, 0.29) is 11.0 Å². The first-order chi connectivity index (χ1) is 12.7. The van der Waals surface area contributed by atoms with Crippen LogP contribution in [0.1, 0.15) is 81.4 Å². The molecule has 1 N–H and O–H groups in total. The number of nitrogens with one attached hydrogen (secondary N) is 1. The molecule has 0 saturated heterocycles. The third-order valence-electron chi connectivity index (χ3n) is 7.74. The van der Waals surface area contributed by atoms with E-state index in [0.29, 0.717) is 5.92 Å². The van der Waals surface area contributed by atoms with Crippen molar-refractivity contribution in [3.8, 4) is 0 Å². The van der Waals surface area contributed by atoms with Gasteiger partial charge in [0.25, 0.3) is 0 Å². The van der Waals surface area contributed by atoms with Crippen LogP contribution in [0.3, 0.4) is 0 Å². The van der Waals surface area contributed by atoms with Gasteiger partial charge in [-0.2, -0.15) is 0 Å². The minimum Gasteiger partial charge on any atom is -0.374 e. The molecular weight excluding hydrogens is 314 g/mol. The lowest BCUT2D eigenvalue weighted by molar-refractivity contribution is 0.0564. The summed E-state index contributed by atoms with van der Waals surface area (Å²) in [6, 6.07) is 18.7. The first-order valence-corrected chi connectivity index (χ1v) is 10.7. The van der Waals surface area contributed by atoms with Gasteiger partial charge in [0.15, 0.2) is 0 Å². The fraction of sp³-hybridized carbons (Fsp3) is 0.520. The molecule has 0 amide bonds. The zero-order valence-corrected chi connectivity index (χ0v) is 16.2. The van der Waals surface area contributed by atoms with Gasteiger partial charge < -0.3 is 5.32 Å². The van der Waals surface area contributed by atoms with Crippen molar-refractivity contribution < 1.29 is 0 Å². The Labute approximate surface area is 158 Å². The van der Waals surface area contributed by atoms with E-state index in [0.717, 1.165) is 5.92 Å². The number of anilines is 1. The van der Waals surface area contributed by atoms with E-state index >= 15 is 0 Å². The van der Waals surface area contributed by atoms with E-state index in [4.69, 9.17) is 0 Å². The number of rotatable bonds is 2. The van der Waals surface area contributed by atoms with Crippen molar-refractivity contribution >= 4 is 5.69 Å². The maximum absolute atomic E-state index is 4.12. The van der Waals surface area contributed by atoms with Crippen LogP contribution in [-0.2, 0) is 11.0 Å². The maximum atomic E-state index is 4.12. The van der Waals surface area contributed by atoms with Gasteiger partial charge in [-0.25, -0.2) is 0 Å². The highest BCUT2D eigenvalue weighted by Gasteiger charge is 2.63. The first-order valence-electron chi connectivity index (χ1n) is 10.7. The molecular formula is C25H31N. The van der Waals surface area contributed by atoms with Gasteiger partial charge in [0.2, 0.25) is 0 Å². The lowest BCUT2D eigenvalue weighted by Gasteiger charge is -2.57. The monoisotopic (exact) mass is 345 g/mol. The van der Waals surface area contributed by atoms with Crippen LogP contribution >= 0.6 is 0 Å². The average molecular weight is 346 g/mol. The van der Waals surface area contributed by atoms with Crippen molar-refractivity contribution in [1.29, 1.82) is 0 Å². The van der Waals surface area contributed by atoms with Gasteiger partial charge in [0, 0.05) is 11.1 Å². The lowest BCUT2D eigenvalue weighted by Crippen LogP contribution is -2.57. The van der Waals surface area contributed by atoms with Crippen molar-refractivity contribution in [1.82, 2.24) is 0 Å². The Morgan fingerprint density at radius 2 is 1.73 bits per heavy atom. The zero-order chi connectivity index (χ0) is 17.8. The van der Waals surface area contributed by atoms with Crippen LogP contribution in [0.4, 0.5) is 5.69 Å². The average Bonchev–Trinajstić information content (AvgIpc) is 2.98. The van der Waals surface area contributed by atoms with Crippen molar-refractivity contribution in [3.63, 3.8) is 0 Å². The van der Waals surface area contributed by atoms with Gasteiger partial charge in [-0.3, -0.25) is 0 Å². The Morgan fingerprint density at radius 1 is 0.923 bits per heavy atom. The first kappa shape index (κ1) is 16.4. The van der Waals surface area contributed by atoms with E-state index in [9.17, 15) is 0 Å². The van der Waals surface area contributed by atoms with Crippen LogP contribution in [0.25, 0.3) is 0 Å². The molecule has 1 unspecified atom stereocenters. The third kappa shape index (κ3) is 2.03. The summed E-state index contributed by atoms with van der Waals surface area (Å²) in [6.45, 7) is 4.65. The smallest absolute Gasteiger partial charge is 0.0725 e. The molecule has 3 aliphatic rings. The summed E-state index contributed by atoms with van der Waals surface area (Å²) in [5.41, 5.74) is 6.43. The summed E-state index contributed by atoms with van der Waals surface area (Å²) >= 11 is 0. The quantitative estimate of drug-likeness (QED) is 0.635. The molecule has 2 aliphatic carbocycles. The number of hydrogen-bond donors (Lipinski definition) is 1. The van der Waals surface area contributed by atoms with Crippen molar-refractivity contribution in [2.45, 2.75) is 75.7 Å². The van der Waals surface area contributed by atoms with E-state index in [1.165, 1.54) is 61.8 Å². The molecule has 2 saturated carbocycles. The van der Waals surface area contributed by atoms with Crippen LogP contribution < -0.4 is 5.32 Å². The second-order valence-corrected chi connectivity index (χ2v) is 9.16. The van der Waals surface area contributed by atoms with E-state index in [1.54, 1.807) is 5.56 Å². The van der Waals surface area contributed by atoms with Crippen molar-refractivity contribution in [2.75, 3.05) is 5.32 Å². The van der Waals surface area contributed by atoms with Crippen LogP contribution in [0.5, 0.6) is 0 Å². The molecule has 0 aromatic heterocycles. The largest absolute Gasteiger partial charge is 0.374 e. The minimum atomic E-state index is 0.0928. The van der Waals surface area contributed by atoms with E-state index in [2.05, 4.69) is 67.7 Å². The van der Waals surface area contributed by atoms with Gasteiger partial charge in [-0.1, -0.05) is 75.6 Å². The SMILES string of the molecule is CC(C)c1ccc2c(c1)C13CCCC[C@H]1CCC[C@@]3(c1ccccc1)N2. The molecule has 3 atom stereocenters. The molecule has 2 aromatic carbocycles. The van der Waals surface area contributed by atoms with Gasteiger partial charge in [-0.05, 0) is 60.3 Å². The Bertz CT molecular complexity index is 806. The molecule has 1 nitrogen and oxygen atoms in total. The fourth-order valence-electron chi connectivity index (χ4n) is 6.62. The Balaban J connectivity index is 1.77. The predicted molar refractivity (Wildman–Crippen MR) is 110 cm³/mol. The molecule has 1 heterocycles. The lowest BCUT2D eigenvalue weighted by atomic mass is 9.48. The number of fused-ring (bicyclic) bond motifs is 1. The van der Waals surface area contributed by atoms with Crippen molar-refractivity contribution in [2.24, 2.45) is 5.92 Å². The van der Waals surface area contributed by atoms with Crippen LogP contribution in [0.2, 0.25) is 0 Å².